The summed E-state index contributed by atoms with van der Waals surface area (Å²) in [5.41, 5.74) is 3.00. The predicted molar refractivity (Wildman–Crippen MR) is 91.3 cm³/mol. The fraction of sp³-hybridized carbons (Fsp3) is 0.222. The lowest BCUT2D eigenvalue weighted by Gasteiger charge is -2.10. The first-order valence-electron chi connectivity index (χ1n) is 7.55. The van der Waals surface area contributed by atoms with Gasteiger partial charge in [-0.15, -0.1) is 0 Å². The van der Waals surface area contributed by atoms with E-state index in [1.807, 2.05) is 49.4 Å². The Kier molecular flexibility index (Phi) is 4.65. The fourth-order valence-corrected chi connectivity index (χ4v) is 2.27. The van der Waals surface area contributed by atoms with Crippen LogP contribution in [0.25, 0.3) is 11.4 Å². The van der Waals surface area contributed by atoms with Crippen LogP contribution in [-0.2, 0) is 6.54 Å². The monoisotopic (exact) mass is 325 g/mol. The summed E-state index contributed by atoms with van der Waals surface area (Å²) in [5, 5.41) is 7.25. The van der Waals surface area contributed by atoms with E-state index in [9.17, 15) is 0 Å². The first-order chi connectivity index (χ1) is 11.7. The number of hydrogen-bond acceptors (Lipinski definition) is 6. The Morgan fingerprint density at radius 2 is 1.75 bits per heavy atom. The zero-order chi connectivity index (χ0) is 16.9. The normalized spacial score (nSPS) is 10.5. The van der Waals surface area contributed by atoms with Crippen LogP contribution in [0.3, 0.4) is 0 Å². The highest BCUT2D eigenvalue weighted by Gasteiger charge is 2.09. The summed E-state index contributed by atoms with van der Waals surface area (Å²) in [5.74, 6) is 2.44. The lowest BCUT2D eigenvalue weighted by atomic mass is 10.1. The quantitative estimate of drug-likeness (QED) is 0.745. The Balaban J connectivity index is 1.68. The van der Waals surface area contributed by atoms with Crippen molar-refractivity contribution in [3.63, 3.8) is 0 Å². The van der Waals surface area contributed by atoms with E-state index >= 15 is 0 Å². The van der Waals surface area contributed by atoms with Crippen molar-refractivity contribution >= 4 is 5.69 Å². The van der Waals surface area contributed by atoms with Crippen LogP contribution in [0.15, 0.2) is 47.0 Å². The number of ether oxygens (including phenoxy) is 2. The first-order valence-corrected chi connectivity index (χ1v) is 7.55. The minimum absolute atomic E-state index is 0.425. The highest BCUT2D eigenvalue weighted by molar-refractivity contribution is 5.56. The van der Waals surface area contributed by atoms with Gasteiger partial charge >= 0.3 is 0 Å². The molecule has 24 heavy (non-hydrogen) atoms. The molecule has 0 radical (unpaired) electrons. The van der Waals surface area contributed by atoms with Gasteiger partial charge in [0.05, 0.1) is 20.8 Å². The molecular weight excluding hydrogens is 306 g/mol. The highest BCUT2D eigenvalue weighted by atomic mass is 16.5. The Morgan fingerprint density at radius 1 is 1.00 bits per heavy atom. The lowest BCUT2D eigenvalue weighted by Crippen LogP contribution is -2.00. The third-order valence-corrected chi connectivity index (χ3v) is 3.61. The summed E-state index contributed by atoms with van der Waals surface area (Å²) < 4.78 is 15.8. The molecule has 0 aliphatic carbocycles. The number of nitrogens with zero attached hydrogens (tertiary/aromatic N) is 2. The molecule has 6 heteroatoms. The molecule has 0 spiro atoms. The van der Waals surface area contributed by atoms with Gasteiger partial charge in [-0.2, -0.15) is 4.98 Å². The third kappa shape index (κ3) is 3.48. The molecule has 0 aliphatic heterocycles. The Morgan fingerprint density at radius 3 is 2.46 bits per heavy atom. The van der Waals surface area contributed by atoms with E-state index < -0.39 is 0 Å². The second-order valence-corrected chi connectivity index (χ2v) is 5.30. The number of anilines is 1. The topological polar surface area (TPSA) is 69.4 Å². The van der Waals surface area contributed by atoms with Crippen molar-refractivity contribution in [3.05, 3.63) is 53.9 Å². The second kappa shape index (κ2) is 7.04. The van der Waals surface area contributed by atoms with Crippen molar-refractivity contribution in [2.24, 2.45) is 0 Å². The summed E-state index contributed by atoms with van der Waals surface area (Å²) >= 11 is 0. The molecule has 0 saturated carbocycles. The van der Waals surface area contributed by atoms with Crippen LogP contribution in [0.1, 0.15) is 11.5 Å². The van der Waals surface area contributed by atoms with Crippen molar-refractivity contribution in [2.45, 2.75) is 13.5 Å². The number of aromatic nitrogens is 2. The Labute approximate surface area is 140 Å². The molecule has 1 heterocycles. The van der Waals surface area contributed by atoms with Gasteiger partial charge in [0.25, 0.3) is 0 Å². The molecule has 1 N–H and O–H groups in total. The van der Waals surface area contributed by atoms with Crippen molar-refractivity contribution < 1.29 is 14.0 Å². The van der Waals surface area contributed by atoms with Crippen LogP contribution in [0.2, 0.25) is 0 Å². The number of benzene rings is 2. The van der Waals surface area contributed by atoms with E-state index in [1.54, 1.807) is 14.2 Å². The predicted octanol–water partition coefficient (Wildman–Crippen LogP) is 3.67. The van der Waals surface area contributed by atoms with E-state index in [2.05, 4.69) is 15.5 Å². The number of methoxy groups -OCH3 is 2. The second-order valence-electron chi connectivity index (χ2n) is 5.30. The molecule has 124 valence electrons. The standard InChI is InChI=1S/C18H19N3O3/c1-12-4-6-13(7-5-12)18-20-17(24-21-18)11-19-14-8-9-15(22-2)16(10-14)23-3/h4-10,19H,11H2,1-3H3. The summed E-state index contributed by atoms with van der Waals surface area (Å²) in [6.45, 7) is 2.47. The van der Waals surface area contributed by atoms with Gasteiger partial charge in [-0.1, -0.05) is 35.0 Å². The summed E-state index contributed by atoms with van der Waals surface area (Å²) in [4.78, 5) is 4.41. The van der Waals surface area contributed by atoms with Crippen LogP contribution in [0.5, 0.6) is 11.5 Å². The van der Waals surface area contributed by atoms with Crippen LogP contribution in [0.4, 0.5) is 5.69 Å². The molecule has 3 rings (SSSR count). The molecule has 2 aromatic carbocycles. The smallest absolute Gasteiger partial charge is 0.246 e. The molecule has 6 nitrogen and oxygen atoms in total. The fourth-order valence-electron chi connectivity index (χ4n) is 2.27. The van der Waals surface area contributed by atoms with Gasteiger partial charge in [0, 0.05) is 17.3 Å². The van der Waals surface area contributed by atoms with Crippen molar-refractivity contribution in [2.75, 3.05) is 19.5 Å². The van der Waals surface area contributed by atoms with Crippen molar-refractivity contribution in [3.8, 4) is 22.9 Å². The maximum absolute atomic E-state index is 5.29. The van der Waals surface area contributed by atoms with Gasteiger partial charge in [0.2, 0.25) is 11.7 Å². The molecular formula is C18H19N3O3. The highest BCUT2D eigenvalue weighted by Crippen LogP contribution is 2.29. The van der Waals surface area contributed by atoms with E-state index in [4.69, 9.17) is 14.0 Å². The zero-order valence-electron chi connectivity index (χ0n) is 13.9. The maximum atomic E-state index is 5.29. The SMILES string of the molecule is COc1ccc(NCc2nc(-c3ccc(C)cc3)no2)cc1OC. The molecule has 0 fully saturated rings. The van der Waals surface area contributed by atoms with Crippen LogP contribution in [-0.4, -0.2) is 24.4 Å². The van der Waals surface area contributed by atoms with E-state index in [0.717, 1.165) is 11.3 Å². The first kappa shape index (κ1) is 15.9. The van der Waals surface area contributed by atoms with Crippen LogP contribution < -0.4 is 14.8 Å². The number of aryl methyl sites for hydroxylation is 1. The minimum Gasteiger partial charge on any atom is -0.493 e. The van der Waals surface area contributed by atoms with E-state index in [0.29, 0.717) is 29.8 Å². The molecule has 3 aromatic rings. The van der Waals surface area contributed by atoms with Gasteiger partial charge in [0.1, 0.15) is 0 Å². The molecule has 1 aromatic heterocycles. The Bertz CT molecular complexity index is 813. The average Bonchev–Trinajstić information content (AvgIpc) is 3.09. The molecule has 0 saturated heterocycles. The maximum Gasteiger partial charge on any atom is 0.246 e. The summed E-state index contributed by atoms with van der Waals surface area (Å²) in [6.07, 6.45) is 0. The number of hydrogen-bond donors (Lipinski definition) is 1. The molecule has 0 bridgehead atoms. The van der Waals surface area contributed by atoms with E-state index in [1.165, 1.54) is 5.56 Å². The largest absolute Gasteiger partial charge is 0.493 e. The van der Waals surface area contributed by atoms with Crippen molar-refractivity contribution in [1.29, 1.82) is 0 Å². The zero-order valence-corrected chi connectivity index (χ0v) is 13.9. The van der Waals surface area contributed by atoms with Gasteiger partial charge < -0.3 is 19.3 Å². The van der Waals surface area contributed by atoms with Gasteiger partial charge in [-0.05, 0) is 19.1 Å². The van der Waals surface area contributed by atoms with E-state index in [-0.39, 0.29) is 0 Å². The average molecular weight is 325 g/mol. The minimum atomic E-state index is 0.425. The molecule has 0 amide bonds. The van der Waals surface area contributed by atoms with Crippen molar-refractivity contribution in [1.82, 2.24) is 10.1 Å². The summed E-state index contributed by atoms with van der Waals surface area (Å²) in [6, 6.07) is 13.6. The van der Waals surface area contributed by atoms with Gasteiger partial charge in [-0.3, -0.25) is 0 Å². The van der Waals surface area contributed by atoms with Gasteiger partial charge in [0.15, 0.2) is 11.5 Å². The summed E-state index contributed by atoms with van der Waals surface area (Å²) in [7, 11) is 3.21. The third-order valence-electron chi connectivity index (χ3n) is 3.61. The van der Waals surface area contributed by atoms with Crippen LogP contribution >= 0.6 is 0 Å². The lowest BCUT2D eigenvalue weighted by molar-refractivity contribution is 0.355. The Hall–Kier alpha value is -3.02. The van der Waals surface area contributed by atoms with Crippen LogP contribution in [0, 0.1) is 6.92 Å². The molecule has 0 unspecified atom stereocenters. The molecule has 0 aliphatic rings. The number of rotatable bonds is 6. The number of nitrogens with one attached hydrogen (secondary N) is 1. The van der Waals surface area contributed by atoms with Gasteiger partial charge in [-0.25, -0.2) is 0 Å². The molecule has 0 atom stereocenters.